The Kier molecular flexibility index (Phi) is 6.40. The van der Waals surface area contributed by atoms with Crippen LogP contribution in [0.1, 0.15) is 52.2 Å². The van der Waals surface area contributed by atoms with Crippen LogP contribution in [0.15, 0.2) is 59.8 Å². The van der Waals surface area contributed by atoms with Crippen molar-refractivity contribution in [3.63, 3.8) is 0 Å². The first-order chi connectivity index (χ1) is 15.5. The second-order valence-corrected chi connectivity index (χ2v) is 8.43. The van der Waals surface area contributed by atoms with Crippen LogP contribution in [0.5, 0.6) is 0 Å². The number of hydrogen-bond acceptors (Lipinski definition) is 5. The number of benzene rings is 1. The minimum absolute atomic E-state index is 0.0194. The second-order valence-electron chi connectivity index (χ2n) is 8.43. The smallest absolute Gasteiger partial charge is 0.338 e. The lowest BCUT2D eigenvalue weighted by Gasteiger charge is -2.28. The molecule has 166 valence electrons. The number of anilines is 2. The number of rotatable bonds is 6. The van der Waals surface area contributed by atoms with Gasteiger partial charge in [0.15, 0.2) is 0 Å². The molecule has 0 spiro atoms. The number of fused-ring (bicyclic) bond motifs is 1. The van der Waals surface area contributed by atoms with Crippen LogP contribution in [0.4, 0.5) is 11.4 Å². The van der Waals surface area contributed by atoms with Crippen LogP contribution in [0, 0.1) is 0 Å². The molecular weight excluding hydrogens is 402 g/mol. The van der Waals surface area contributed by atoms with Crippen molar-refractivity contribution in [3.8, 4) is 0 Å². The van der Waals surface area contributed by atoms with E-state index < -0.39 is 0 Å². The number of carbonyl (C=O) groups excluding carboxylic acids is 1. The summed E-state index contributed by atoms with van der Waals surface area (Å²) in [6, 6.07) is 12.0. The van der Waals surface area contributed by atoms with E-state index in [0.717, 1.165) is 49.0 Å². The summed E-state index contributed by atoms with van der Waals surface area (Å²) in [6.07, 6.45) is 10.3. The molecule has 1 aliphatic rings. The lowest BCUT2D eigenvalue weighted by atomic mass is 9.79. The standard InChI is InChI=1S/C26H29N3O3/c1-28-14-12-22(16-25(28)30)29(2)21-9-10-23-18(5-4-6-19(23)15-21)7-8-20-17-27-13-11-24(20)26(31)32-3/h9-18H,4-8H2,1-3H3/t18-/m0/s1. The van der Waals surface area contributed by atoms with Gasteiger partial charge in [0.25, 0.3) is 5.56 Å². The second kappa shape index (κ2) is 9.39. The summed E-state index contributed by atoms with van der Waals surface area (Å²) < 4.78 is 6.49. The predicted molar refractivity (Wildman–Crippen MR) is 126 cm³/mol. The van der Waals surface area contributed by atoms with Crippen molar-refractivity contribution < 1.29 is 9.53 Å². The quantitative estimate of drug-likeness (QED) is 0.542. The summed E-state index contributed by atoms with van der Waals surface area (Å²) in [5.74, 6) is 0.141. The summed E-state index contributed by atoms with van der Waals surface area (Å²) >= 11 is 0. The van der Waals surface area contributed by atoms with Crippen molar-refractivity contribution in [2.45, 2.75) is 38.0 Å². The molecule has 2 aromatic heterocycles. The third kappa shape index (κ3) is 4.44. The van der Waals surface area contributed by atoms with E-state index in [-0.39, 0.29) is 11.5 Å². The number of hydrogen-bond donors (Lipinski definition) is 0. The Bertz CT molecular complexity index is 1180. The summed E-state index contributed by atoms with van der Waals surface area (Å²) in [5, 5.41) is 0. The molecule has 1 atom stereocenters. The molecule has 0 radical (unpaired) electrons. The summed E-state index contributed by atoms with van der Waals surface area (Å²) in [6.45, 7) is 0. The molecule has 6 nitrogen and oxygen atoms in total. The van der Waals surface area contributed by atoms with Crippen LogP contribution in [0.25, 0.3) is 0 Å². The van der Waals surface area contributed by atoms with E-state index in [2.05, 4.69) is 28.1 Å². The van der Waals surface area contributed by atoms with Crippen LogP contribution < -0.4 is 10.5 Å². The molecule has 0 saturated carbocycles. The van der Waals surface area contributed by atoms with Crippen molar-refractivity contribution >= 4 is 17.3 Å². The van der Waals surface area contributed by atoms with Gasteiger partial charge in [0, 0.05) is 50.1 Å². The Balaban J connectivity index is 1.53. The minimum Gasteiger partial charge on any atom is -0.465 e. The van der Waals surface area contributed by atoms with Gasteiger partial charge >= 0.3 is 5.97 Å². The van der Waals surface area contributed by atoms with Crippen LogP contribution in [0.3, 0.4) is 0 Å². The molecule has 0 bridgehead atoms. The Hall–Kier alpha value is -3.41. The first-order valence-electron chi connectivity index (χ1n) is 11.0. The average molecular weight is 432 g/mol. The fourth-order valence-electron chi connectivity index (χ4n) is 4.57. The van der Waals surface area contributed by atoms with Gasteiger partial charge in [0.2, 0.25) is 0 Å². The number of pyridine rings is 2. The number of ether oxygens (including phenoxy) is 1. The van der Waals surface area contributed by atoms with Crippen molar-refractivity contribution in [1.82, 2.24) is 9.55 Å². The molecular formula is C26H29N3O3. The van der Waals surface area contributed by atoms with Gasteiger partial charge in [-0.3, -0.25) is 9.78 Å². The molecule has 1 aromatic carbocycles. The van der Waals surface area contributed by atoms with Gasteiger partial charge in [-0.1, -0.05) is 6.07 Å². The van der Waals surface area contributed by atoms with E-state index >= 15 is 0 Å². The highest BCUT2D eigenvalue weighted by Gasteiger charge is 2.22. The van der Waals surface area contributed by atoms with Gasteiger partial charge in [0.05, 0.1) is 12.7 Å². The molecule has 0 amide bonds. The normalized spacial score (nSPS) is 15.2. The number of nitrogens with zero attached hydrogens (tertiary/aromatic N) is 3. The number of methoxy groups -OCH3 is 1. The number of carbonyl (C=O) groups is 1. The highest BCUT2D eigenvalue weighted by atomic mass is 16.5. The zero-order chi connectivity index (χ0) is 22.7. The van der Waals surface area contributed by atoms with Gasteiger partial charge in [0.1, 0.15) is 0 Å². The zero-order valence-corrected chi connectivity index (χ0v) is 18.9. The third-order valence-electron chi connectivity index (χ3n) is 6.50. The largest absolute Gasteiger partial charge is 0.465 e. The van der Waals surface area contributed by atoms with E-state index in [9.17, 15) is 9.59 Å². The molecule has 0 saturated heterocycles. The van der Waals surface area contributed by atoms with Gasteiger partial charge in [-0.05, 0) is 79.0 Å². The van der Waals surface area contributed by atoms with Gasteiger partial charge in [-0.2, -0.15) is 0 Å². The van der Waals surface area contributed by atoms with E-state index in [0.29, 0.717) is 11.5 Å². The van der Waals surface area contributed by atoms with Crippen molar-refractivity contribution in [2.24, 2.45) is 7.05 Å². The molecule has 3 aromatic rings. The van der Waals surface area contributed by atoms with Gasteiger partial charge < -0.3 is 14.2 Å². The number of aryl methyl sites for hydroxylation is 3. The molecule has 6 heteroatoms. The molecule has 0 fully saturated rings. The molecule has 4 rings (SSSR count). The first kappa shape index (κ1) is 21.8. The van der Waals surface area contributed by atoms with E-state index in [1.54, 1.807) is 42.3 Å². The number of esters is 1. The molecule has 0 N–H and O–H groups in total. The molecule has 0 aliphatic heterocycles. The highest BCUT2D eigenvalue weighted by molar-refractivity contribution is 5.90. The van der Waals surface area contributed by atoms with Crippen LogP contribution in [-0.4, -0.2) is 29.7 Å². The molecule has 1 aliphatic carbocycles. The molecule has 32 heavy (non-hydrogen) atoms. The van der Waals surface area contributed by atoms with Gasteiger partial charge in [-0.15, -0.1) is 0 Å². The van der Waals surface area contributed by atoms with Crippen LogP contribution >= 0.6 is 0 Å². The highest BCUT2D eigenvalue weighted by Crippen LogP contribution is 2.37. The molecule has 0 unspecified atom stereocenters. The SMILES string of the molecule is COC(=O)c1ccncc1CC[C@@H]1CCCc2cc(N(C)c3ccn(C)c(=O)c3)ccc21. The van der Waals surface area contributed by atoms with Crippen LogP contribution in [0.2, 0.25) is 0 Å². The fraction of sp³-hybridized carbons (Fsp3) is 0.346. The Morgan fingerprint density at radius 2 is 2.03 bits per heavy atom. The van der Waals surface area contributed by atoms with Crippen molar-refractivity contribution in [2.75, 3.05) is 19.1 Å². The van der Waals surface area contributed by atoms with E-state index in [1.165, 1.54) is 18.2 Å². The lowest BCUT2D eigenvalue weighted by Crippen LogP contribution is -2.19. The number of aromatic nitrogens is 2. The Morgan fingerprint density at radius 3 is 2.81 bits per heavy atom. The monoisotopic (exact) mass is 431 g/mol. The van der Waals surface area contributed by atoms with Crippen molar-refractivity contribution in [1.29, 1.82) is 0 Å². The van der Waals surface area contributed by atoms with Crippen LogP contribution in [-0.2, 0) is 24.6 Å². The average Bonchev–Trinajstić information content (AvgIpc) is 2.83. The Morgan fingerprint density at radius 1 is 1.22 bits per heavy atom. The maximum Gasteiger partial charge on any atom is 0.338 e. The zero-order valence-electron chi connectivity index (χ0n) is 18.9. The summed E-state index contributed by atoms with van der Waals surface area (Å²) in [5.41, 5.74) is 6.24. The summed E-state index contributed by atoms with van der Waals surface area (Å²) in [4.78, 5) is 30.4. The predicted octanol–water partition coefficient (Wildman–Crippen LogP) is 4.39. The lowest BCUT2D eigenvalue weighted by molar-refractivity contribution is 0.0599. The van der Waals surface area contributed by atoms with E-state index in [1.807, 2.05) is 13.1 Å². The summed E-state index contributed by atoms with van der Waals surface area (Å²) in [7, 11) is 5.16. The van der Waals surface area contributed by atoms with E-state index in [4.69, 9.17) is 4.74 Å². The fourth-order valence-corrected chi connectivity index (χ4v) is 4.57. The maximum absolute atomic E-state index is 12.1. The Labute approximate surface area is 188 Å². The topological polar surface area (TPSA) is 64.4 Å². The maximum atomic E-state index is 12.1. The van der Waals surface area contributed by atoms with Crippen molar-refractivity contribution in [3.05, 3.63) is 87.6 Å². The van der Waals surface area contributed by atoms with Gasteiger partial charge in [-0.25, -0.2) is 4.79 Å². The third-order valence-corrected chi connectivity index (χ3v) is 6.50. The minimum atomic E-state index is -0.310. The first-order valence-corrected chi connectivity index (χ1v) is 11.0. The molecule has 2 heterocycles.